The fourth-order valence-electron chi connectivity index (χ4n) is 2.27. The molecule has 0 amide bonds. The van der Waals surface area contributed by atoms with Crippen molar-refractivity contribution in [3.05, 3.63) is 22.4 Å². The minimum atomic E-state index is 0.339. The van der Waals surface area contributed by atoms with Gasteiger partial charge in [0.1, 0.15) is 0 Å². The van der Waals surface area contributed by atoms with Crippen molar-refractivity contribution in [1.29, 1.82) is 0 Å². The van der Waals surface area contributed by atoms with E-state index in [4.69, 9.17) is 4.74 Å². The van der Waals surface area contributed by atoms with Crippen molar-refractivity contribution < 1.29 is 4.74 Å². The van der Waals surface area contributed by atoms with Crippen molar-refractivity contribution in [2.75, 3.05) is 6.61 Å². The Bertz CT molecular complexity index is 269. The first kappa shape index (κ1) is 15.7. The molecule has 0 bridgehead atoms. The molecule has 0 aromatic carbocycles. The van der Waals surface area contributed by atoms with Crippen LogP contribution in [0.2, 0.25) is 0 Å². The maximum Gasteiger partial charge on any atom is 0.0916 e. The standard InChI is InChI=1S/C16H28OS/c1-3-5-6-7-8-9-10-12-15(17-4-2)16-13-11-14-18-16/h11,13-15H,3-10,12H2,1-2H3. The quantitative estimate of drug-likeness (QED) is 0.449. The van der Waals surface area contributed by atoms with E-state index in [0.717, 1.165) is 6.61 Å². The molecule has 0 spiro atoms. The van der Waals surface area contributed by atoms with Gasteiger partial charge in [0.15, 0.2) is 0 Å². The van der Waals surface area contributed by atoms with Gasteiger partial charge in [-0.25, -0.2) is 0 Å². The summed E-state index contributed by atoms with van der Waals surface area (Å²) in [5, 5.41) is 2.14. The van der Waals surface area contributed by atoms with Gasteiger partial charge in [0.25, 0.3) is 0 Å². The molecule has 0 aliphatic rings. The van der Waals surface area contributed by atoms with Crippen LogP contribution in [0.15, 0.2) is 17.5 Å². The maximum absolute atomic E-state index is 5.84. The van der Waals surface area contributed by atoms with Crippen LogP contribution in [0.1, 0.15) is 76.2 Å². The van der Waals surface area contributed by atoms with Crippen LogP contribution in [-0.4, -0.2) is 6.61 Å². The van der Waals surface area contributed by atoms with Crippen LogP contribution in [0.5, 0.6) is 0 Å². The number of unbranched alkanes of at least 4 members (excludes halogenated alkanes) is 6. The van der Waals surface area contributed by atoms with Gasteiger partial charge in [-0.1, -0.05) is 57.9 Å². The molecule has 1 aromatic heterocycles. The van der Waals surface area contributed by atoms with Gasteiger partial charge in [0.2, 0.25) is 0 Å². The van der Waals surface area contributed by atoms with Gasteiger partial charge in [-0.3, -0.25) is 0 Å². The third-order valence-electron chi connectivity index (χ3n) is 3.30. The second-order valence-corrected chi connectivity index (χ2v) is 5.85. The van der Waals surface area contributed by atoms with E-state index in [1.807, 2.05) is 11.3 Å². The Morgan fingerprint density at radius 1 is 1.06 bits per heavy atom. The van der Waals surface area contributed by atoms with E-state index in [2.05, 4.69) is 31.4 Å². The van der Waals surface area contributed by atoms with E-state index < -0.39 is 0 Å². The Hall–Kier alpha value is -0.340. The molecule has 0 saturated heterocycles. The smallest absolute Gasteiger partial charge is 0.0916 e. The minimum Gasteiger partial charge on any atom is -0.373 e. The molecule has 104 valence electrons. The highest BCUT2D eigenvalue weighted by atomic mass is 32.1. The van der Waals surface area contributed by atoms with E-state index in [1.54, 1.807) is 0 Å². The lowest BCUT2D eigenvalue weighted by Gasteiger charge is -2.15. The summed E-state index contributed by atoms with van der Waals surface area (Å²) in [6.45, 7) is 5.18. The van der Waals surface area contributed by atoms with Gasteiger partial charge in [0, 0.05) is 11.5 Å². The second kappa shape index (κ2) is 10.6. The van der Waals surface area contributed by atoms with Gasteiger partial charge >= 0.3 is 0 Å². The lowest BCUT2D eigenvalue weighted by Crippen LogP contribution is -2.02. The topological polar surface area (TPSA) is 9.23 Å². The van der Waals surface area contributed by atoms with Crippen LogP contribution in [0.3, 0.4) is 0 Å². The van der Waals surface area contributed by atoms with Crippen molar-refractivity contribution in [3.63, 3.8) is 0 Å². The Balaban J connectivity index is 2.11. The Labute approximate surface area is 117 Å². The molecule has 18 heavy (non-hydrogen) atoms. The Kier molecular flexibility index (Phi) is 9.23. The van der Waals surface area contributed by atoms with E-state index in [1.165, 1.54) is 56.2 Å². The lowest BCUT2D eigenvalue weighted by molar-refractivity contribution is 0.0567. The normalized spacial score (nSPS) is 12.8. The van der Waals surface area contributed by atoms with Crippen LogP contribution in [-0.2, 0) is 4.74 Å². The minimum absolute atomic E-state index is 0.339. The summed E-state index contributed by atoms with van der Waals surface area (Å²) in [6, 6.07) is 4.32. The van der Waals surface area contributed by atoms with Crippen LogP contribution in [0.4, 0.5) is 0 Å². The molecular formula is C16H28OS. The van der Waals surface area contributed by atoms with Gasteiger partial charge in [-0.2, -0.15) is 0 Å². The van der Waals surface area contributed by atoms with E-state index in [-0.39, 0.29) is 0 Å². The molecule has 1 heterocycles. The highest BCUT2D eigenvalue weighted by Crippen LogP contribution is 2.27. The molecule has 2 heteroatoms. The third kappa shape index (κ3) is 6.55. The summed E-state index contributed by atoms with van der Waals surface area (Å²) in [4.78, 5) is 1.39. The van der Waals surface area contributed by atoms with Crippen molar-refractivity contribution >= 4 is 11.3 Å². The summed E-state index contributed by atoms with van der Waals surface area (Å²) < 4.78 is 5.84. The first-order chi connectivity index (χ1) is 8.88. The summed E-state index contributed by atoms with van der Waals surface area (Å²) in [7, 11) is 0. The lowest BCUT2D eigenvalue weighted by atomic mass is 10.1. The van der Waals surface area contributed by atoms with Crippen molar-refractivity contribution in [2.45, 2.75) is 71.3 Å². The highest BCUT2D eigenvalue weighted by Gasteiger charge is 2.11. The van der Waals surface area contributed by atoms with Crippen LogP contribution < -0.4 is 0 Å². The molecule has 0 saturated carbocycles. The van der Waals surface area contributed by atoms with E-state index >= 15 is 0 Å². The average Bonchev–Trinajstić information content (AvgIpc) is 2.90. The molecule has 1 nitrogen and oxygen atoms in total. The molecule has 1 unspecified atom stereocenters. The molecule has 0 N–H and O–H groups in total. The van der Waals surface area contributed by atoms with E-state index in [0.29, 0.717) is 6.10 Å². The Morgan fingerprint density at radius 3 is 2.39 bits per heavy atom. The molecular weight excluding hydrogens is 240 g/mol. The predicted octanol–water partition coefficient (Wildman–Crippen LogP) is 5.97. The largest absolute Gasteiger partial charge is 0.373 e. The van der Waals surface area contributed by atoms with Crippen molar-refractivity contribution in [2.24, 2.45) is 0 Å². The van der Waals surface area contributed by atoms with E-state index in [9.17, 15) is 0 Å². The molecule has 0 aliphatic carbocycles. The van der Waals surface area contributed by atoms with Crippen LogP contribution in [0, 0.1) is 0 Å². The van der Waals surface area contributed by atoms with Crippen molar-refractivity contribution in [3.8, 4) is 0 Å². The summed E-state index contributed by atoms with van der Waals surface area (Å²) in [5.74, 6) is 0. The zero-order chi connectivity index (χ0) is 13.1. The predicted molar refractivity (Wildman–Crippen MR) is 81.3 cm³/mol. The zero-order valence-corrected chi connectivity index (χ0v) is 12.8. The molecule has 0 fully saturated rings. The zero-order valence-electron chi connectivity index (χ0n) is 12.0. The molecule has 1 aromatic rings. The number of ether oxygens (including phenoxy) is 1. The highest BCUT2D eigenvalue weighted by molar-refractivity contribution is 7.10. The molecule has 1 rings (SSSR count). The third-order valence-corrected chi connectivity index (χ3v) is 4.26. The average molecular weight is 268 g/mol. The SMILES string of the molecule is CCCCCCCCCC(OCC)c1cccs1. The van der Waals surface area contributed by atoms with Gasteiger partial charge in [0.05, 0.1) is 6.10 Å². The first-order valence-corrected chi connectivity index (χ1v) is 8.41. The summed E-state index contributed by atoms with van der Waals surface area (Å²) in [6.07, 6.45) is 11.1. The van der Waals surface area contributed by atoms with Crippen molar-refractivity contribution in [1.82, 2.24) is 0 Å². The number of thiophene rings is 1. The number of hydrogen-bond acceptors (Lipinski definition) is 2. The summed E-state index contributed by atoms with van der Waals surface area (Å²) >= 11 is 1.82. The molecule has 0 radical (unpaired) electrons. The van der Waals surface area contributed by atoms with Gasteiger partial charge in [-0.05, 0) is 24.8 Å². The number of rotatable bonds is 11. The maximum atomic E-state index is 5.84. The second-order valence-electron chi connectivity index (χ2n) is 4.87. The fraction of sp³-hybridized carbons (Fsp3) is 0.750. The Morgan fingerprint density at radius 2 is 1.78 bits per heavy atom. The van der Waals surface area contributed by atoms with Crippen LogP contribution in [0.25, 0.3) is 0 Å². The number of hydrogen-bond donors (Lipinski definition) is 0. The summed E-state index contributed by atoms with van der Waals surface area (Å²) in [5.41, 5.74) is 0. The fourth-order valence-corrected chi connectivity index (χ4v) is 3.08. The monoisotopic (exact) mass is 268 g/mol. The molecule has 0 aliphatic heterocycles. The van der Waals surface area contributed by atoms with Crippen LogP contribution >= 0.6 is 11.3 Å². The van der Waals surface area contributed by atoms with Gasteiger partial charge < -0.3 is 4.74 Å². The molecule has 1 atom stereocenters. The van der Waals surface area contributed by atoms with Gasteiger partial charge in [-0.15, -0.1) is 11.3 Å². The first-order valence-electron chi connectivity index (χ1n) is 7.53.